The van der Waals surface area contributed by atoms with Crippen molar-refractivity contribution in [3.63, 3.8) is 0 Å². The minimum absolute atomic E-state index is 0.122. The van der Waals surface area contributed by atoms with Gasteiger partial charge in [0.1, 0.15) is 11.9 Å². The lowest BCUT2D eigenvalue weighted by molar-refractivity contribution is -0.153. The molecule has 2 unspecified atom stereocenters. The van der Waals surface area contributed by atoms with Gasteiger partial charge in [-0.25, -0.2) is 0 Å². The summed E-state index contributed by atoms with van der Waals surface area (Å²) in [5.74, 6) is 0.993. The van der Waals surface area contributed by atoms with Gasteiger partial charge in [-0.1, -0.05) is 12.1 Å². The van der Waals surface area contributed by atoms with Crippen LogP contribution in [0.3, 0.4) is 0 Å². The molecule has 2 aliphatic carbocycles. The van der Waals surface area contributed by atoms with Gasteiger partial charge in [0.05, 0.1) is 18.3 Å². The zero-order valence-electron chi connectivity index (χ0n) is 12.5. The molecule has 1 heterocycles. The lowest BCUT2D eigenvalue weighted by atomic mass is 9.74. The zero-order valence-corrected chi connectivity index (χ0v) is 12.5. The lowest BCUT2D eigenvalue weighted by Gasteiger charge is -2.47. The minimum Gasteiger partial charge on any atom is -0.490 e. The van der Waals surface area contributed by atoms with E-state index in [1.807, 2.05) is 12.1 Å². The van der Waals surface area contributed by atoms with Crippen molar-refractivity contribution in [1.29, 1.82) is 0 Å². The van der Waals surface area contributed by atoms with Crippen LogP contribution in [0.15, 0.2) is 18.2 Å². The summed E-state index contributed by atoms with van der Waals surface area (Å²) >= 11 is 0. The number of rotatable bonds is 2. The van der Waals surface area contributed by atoms with E-state index >= 15 is 0 Å². The van der Waals surface area contributed by atoms with Crippen molar-refractivity contribution in [1.82, 2.24) is 0 Å². The van der Waals surface area contributed by atoms with Crippen LogP contribution in [0.25, 0.3) is 0 Å². The number of fused-ring (bicyclic) bond motifs is 1. The molecule has 1 saturated carbocycles. The third-order valence-electron chi connectivity index (χ3n) is 5.44. The SMILES string of the molecule is OC1CCCc2c(OC3CCOC4(CCC4)C3)cccc21. The fraction of sp³-hybridized carbons (Fsp3) is 0.667. The number of aliphatic hydroxyl groups is 1. The van der Waals surface area contributed by atoms with Crippen molar-refractivity contribution >= 4 is 0 Å². The van der Waals surface area contributed by atoms with Crippen molar-refractivity contribution in [2.24, 2.45) is 0 Å². The molecular formula is C18H24O3. The van der Waals surface area contributed by atoms with Gasteiger partial charge in [-0.3, -0.25) is 0 Å². The quantitative estimate of drug-likeness (QED) is 0.904. The van der Waals surface area contributed by atoms with Crippen LogP contribution in [0.4, 0.5) is 0 Å². The highest BCUT2D eigenvalue weighted by molar-refractivity contribution is 5.43. The lowest BCUT2D eigenvalue weighted by Crippen LogP contribution is -2.48. The second kappa shape index (κ2) is 5.29. The number of ether oxygens (including phenoxy) is 2. The molecule has 1 spiro atoms. The molecule has 1 aromatic rings. The van der Waals surface area contributed by atoms with E-state index in [4.69, 9.17) is 9.47 Å². The summed E-state index contributed by atoms with van der Waals surface area (Å²) in [5, 5.41) is 10.1. The first-order valence-electron chi connectivity index (χ1n) is 8.36. The molecule has 0 radical (unpaired) electrons. The van der Waals surface area contributed by atoms with Gasteiger partial charge < -0.3 is 14.6 Å². The van der Waals surface area contributed by atoms with Crippen LogP contribution in [0.2, 0.25) is 0 Å². The second-order valence-corrected chi connectivity index (χ2v) is 6.85. The molecule has 3 heteroatoms. The van der Waals surface area contributed by atoms with Crippen LogP contribution in [0, 0.1) is 0 Å². The molecule has 21 heavy (non-hydrogen) atoms. The Morgan fingerprint density at radius 1 is 1.19 bits per heavy atom. The van der Waals surface area contributed by atoms with Crippen molar-refractivity contribution in [3.05, 3.63) is 29.3 Å². The maximum absolute atomic E-state index is 10.1. The molecule has 0 aromatic heterocycles. The number of hydrogen-bond acceptors (Lipinski definition) is 3. The van der Waals surface area contributed by atoms with Crippen LogP contribution in [-0.4, -0.2) is 23.4 Å². The largest absolute Gasteiger partial charge is 0.490 e. The highest BCUT2D eigenvalue weighted by Crippen LogP contribution is 2.44. The highest BCUT2D eigenvalue weighted by Gasteiger charge is 2.43. The monoisotopic (exact) mass is 288 g/mol. The van der Waals surface area contributed by atoms with E-state index in [9.17, 15) is 5.11 Å². The Hall–Kier alpha value is -1.06. The van der Waals surface area contributed by atoms with E-state index in [2.05, 4.69) is 6.07 Å². The third-order valence-corrected chi connectivity index (χ3v) is 5.44. The van der Waals surface area contributed by atoms with Gasteiger partial charge in [-0.15, -0.1) is 0 Å². The first kappa shape index (κ1) is 13.6. The van der Waals surface area contributed by atoms with Crippen LogP contribution in [0.5, 0.6) is 5.75 Å². The second-order valence-electron chi connectivity index (χ2n) is 6.85. The Balaban J connectivity index is 1.53. The Bertz CT molecular complexity index is 521. The number of aliphatic hydroxyl groups excluding tert-OH is 1. The average Bonchev–Trinajstić information content (AvgIpc) is 2.47. The van der Waals surface area contributed by atoms with Gasteiger partial charge in [0, 0.05) is 12.8 Å². The van der Waals surface area contributed by atoms with Gasteiger partial charge in [0.15, 0.2) is 0 Å². The topological polar surface area (TPSA) is 38.7 Å². The summed E-state index contributed by atoms with van der Waals surface area (Å²) in [7, 11) is 0. The molecule has 0 amide bonds. The fourth-order valence-electron chi connectivity index (χ4n) is 4.08. The summed E-state index contributed by atoms with van der Waals surface area (Å²) in [4.78, 5) is 0. The first-order valence-corrected chi connectivity index (χ1v) is 8.36. The molecule has 2 atom stereocenters. The summed E-state index contributed by atoms with van der Waals surface area (Å²) in [5.41, 5.74) is 2.42. The molecule has 1 aliphatic heterocycles. The summed E-state index contributed by atoms with van der Waals surface area (Å²) in [6.07, 6.45) is 8.58. The van der Waals surface area contributed by atoms with Crippen molar-refractivity contribution in [3.8, 4) is 5.75 Å². The van der Waals surface area contributed by atoms with Crippen molar-refractivity contribution in [2.45, 2.75) is 69.2 Å². The Labute approximate surface area is 126 Å². The molecule has 1 aromatic carbocycles. The van der Waals surface area contributed by atoms with E-state index in [0.717, 1.165) is 50.0 Å². The van der Waals surface area contributed by atoms with E-state index in [1.54, 1.807) is 0 Å². The summed E-state index contributed by atoms with van der Waals surface area (Å²) in [6.45, 7) is 0.822. The van der Waals surface area contributed by atoms with Gasteiger partial charge >= 0.3 is 0 Å². The van der Waals surface area contributed by atoms with E-state index in [1.165, 1.54) is 24.8 Å². The van der Waals surface area contributed by atoms with Crippen molar-refractivity contribution < 1.29 is 14.6 Å². The molecule has 3 nitrogen and oxygen atoms in total. The maximum Gasteiger partial charge on any atom is 0.123 e. The van der Waals surface area contributed by atoms with E-state index in [0.29, 0.717) is 0 Å². The Morgan fingerprint density at radius 2 is 2.10 bits per heavy atom. The maximum atomic E-state index is 10.1. The average molecular weight is 288 g/mol. The molecule has 3 aliphatic rings. The van der Waals surface area contributed by atoms with E-state index in [-0.39, 0.29) is 17.8 Å². The standard InChI is InChI=1S/C18H24O3/c19-16-6-1-5-15-14(16)4-2-7-17(15)21-13-8-11-20-18(12-13)9-3-10-18/h2,4,7,13,16,19H,1,3,5-6,8-12H2. The predicted molar refractivity (Wildman–Crippen MR) is 80.5 cm³/mol. The number of hydrogen-bond donors (Lipinski definition) is 1. The zero-order chi connectivity index (χ0) is 14.3. The summed E-state index contributed by atoms with van der Waals surface area (Å²) < 4.78 is 12.3. The molecule has 0 bridgehead atoms. The van der Waals surface area contributed by atoms with Gasteiger partial charge in [-0.2, -0.15) is 0 Å². The molecule has 2 fully saturated rings. The van der Waals surface area contributed by atoms with Gasteiger partial charge in [0.25, 0.3) is 0 Å². The molecule has 4 rings (SSSR count). The number of benzene rings is 1. The van der Waals surface area contributed by atoms with Gasteiger partial charge in [-0.05, 0) is 55.7 Å². The van der Waals surface area contributed by atoms with Crippen LogP contribution < -0.4 is 4.74 Å². The Morgan fingerprint density at radius 3 is 2.90 bits per heavy atom. The smallest absolute Gasteiger partial charge is 0.123 e. The van der Waals surface area contributed by atoms with E-state index < -0.39 is 0 Å². The predicted octanol–water partition coefficient (Wildman–Crippen LogP) is 3.54. The van der Waals surface area contributed by atoms with Gasteiger partial charge in [0.2, 0.25) is 0 Å². The molecule has 1 saturated heterocycles. The van der Waals surface area contributed by atoms with Crippen molar-refractivity contribution in [2.75, 3.05) is 6.61 Å². The van der Waals surface area contributed by atoms with Crippen LogP contribution in [0.1, 0.15) is 62.2 Å². The Kier molecular flexibility index (Phi) is 3.43. The molecular weight excluding hydrogens is 264 g/mol. The highest BCUT2D eigenvalue weighted by atomic mass is 16.5. The minimum atomic E-state index is -0.315. The third kappa shape index (κ3) is 2.47. The first-order chi connectivity index (χ1) is 10.3. The van der Waals surface area contributed by atoms with Crippen LogP contribution >= 0.6 is 0 Å². The normalized spacial score (nSPS) is 30.5. The molecule has 114 valence electrons. The fourth-order valence-corrected chi connectivity index (χ4v) is 4.08. The summed E-state index contributed by atoms with van der Waals surface area (Å²) in [6, 6.07) is 6.13. The molecule has 1 N–H and O–H groups in total. The van der Waals surface area contributed by atoms with Crippen LogP contribution in [-0.2, 0) is 11.2 Å².